The average molecular weight is 358 g/mol. The molecule has 0 aliphatic carbocycles. The van der Waals surface area contributed by atoms with Crippen molar-refractivity contribution in [1.82, 2.24) is 4.98 Å². The van der Waals surface area contributed by atoms with Crippen molar-refractivity contribution in [3.05, 3.63) is 83.7 Å². The van der Waals surface area contributed by atoms with E-state index in [0.717, 1.165) is 22.4 Å². The number of aromatic nitrogens is 1. The summed E-state index contributed by atoms with van der Waals surface area (Å²) in [7, 11) is 0. The third kappa shape index (κ3) is 2.97. The number of carboxylic acid groups (broad SMARTS) is 1. The number of carbonyl (C=O) groups is 2. The molecule has 1 unspecified atom stereocenters. The van der Waals surface area contributed by atoms with E-state index in [1.165, 1.54) is 0 Å². The minimum Gasteiger partial charge on any atom is -0.481 e. The number of amides is 1. The Morgan fingerprint density at radius 2 is 1.93 bits per heavy atom. The van der Waals surface area contributed by atoms with Gasteiger partial charge in [-0.15, -0.1) is 0 Å². The molecule has 0 saturated heterocycles. The largest absolute Gasteiger partial charge is 0.481 e. The summed E-state index contributed by atoms with van der Waals surface area (Å²) in [5.41, 5.74) is 4.75. The van der Waals surface area contributed by atoms with Gasteiger partial charge in [-0.1, -0.05) is 30.3 Å². The zero-order valence-corrected chi connectivity index (χ0v) is 14.8. The average Bonchev–Trinajstić information content (AvgIpc) is 3.04. The lowest BCUT2D eigenvalue weighted by molar-refractivity contribution is -0.138. The van der Waals surface area contributed by atoms with Gasteiger partial charge in [0.25, 0.3) is 5.91 Å². The molecule has 0 bridgehead atoms. The van der Waals surface area contributed by atoms with E-state index in [1.54, 1.807) is 30.3 Å². The third-order valence-electron chi connectivity index (χ3n) is 4.98. The standard InChI is InChI=1S/C22H18N2O3/c1-14(22(26)27)18-9-8-17(11-20(18)15-6-4-10-23-12-15)24-13-16-5-2-3-7-19(16)21(24)25/h2-12,14H,13H2,1H3,(H,26,27). The van der Waals surface area contributed by atoms with Crippen molar-refractivity contribution >= 4 is 17.6 Å². The predicted molar refractivity (Wildman–Crippen MR) is 103 cm³/mol. The van der Waals surface area contributed by atoms with Gasteiger partial charge in [-0.05, 0) is 47.9 Å². The normalized spacial score (nSPS) is 14.1. The Morgan fingerprint density at radius 3 is 2.63 bits per heavy atom. The van der Waals surface area contributed by atoms with Crippen molar-refractivity contribution in [3.8, 4) is 11.1 Å². The summed E-state index contributed by atoms with van der Waals surface area (Å²) in [6.07, 6.45) is 3.38. The first-order chi connectivity index (χ1) is 13.1. The highest BCUT2D eigenvalue weighted by molar-refractivity contribution is 6.10. The number of nitrogens with zero attached hydrogens (tertiary/aromatic N) is 2. The summed E-state index contributed by atoms with van der Waals surface area (Å²) in [6.45, 7) is 2.17. The number of aliphatic carboxylic acids is 1. The Bertz CT molecular complexity index is 1030. The first-order valence-electron chi connectivity index (χ1n) is 8.73. The summed E-state index contributed by atoms with van der Waals surface area (Å²) >= 11 is 0. The molecule has 1 aliphatic heterocycles. The fourth-order valence-corrected chi connectivity index (χ4v) is 3.46. The van der Waals surface area contributed by atoms with Gasteiger partial charge in [-0.25, -0.2) is 0 Å². The van der Waals surface area contributed by atoms with E-state index >= 15 is 0 Å². The molecule has 27 heavy (non-hydrogen) atoms. The highest BCUT2D eigenvalue weighted by atomic mass is 16.4. The van der Waals surface area contributed by atoms with Crippen molar-refractivity contribution in [2.75, 3.05) is 4.90 Å². The maximum Gasteiger partial charge on any atom is 0.310 e. The quantitative estimate of drug-likeness (QED) is 0.762. The minimum absolute atomic E-state index is 0.0400. The lowest BCUT2D eigenvalue weighted by Gasteiger charge is -2.20. The highest BCUT2D eigenvalue weighted by Gasteiger charge is 2.29. The molecule has 2 heterocycles. The summed E-state index contributed by atoms with van der Waals surface area (Å²) in [5.74, 6) is -1.60. The maximum atomic E-state index is 12.8. The molecule has 1 aromatic heterocycles. The zero-order chi connectivity index (χ0) is 19.0. The maximum absolute atomic E-state index is 12.8. The van der Waals surface area contributed by atoms with E-state index in [2.05, 4.69) is 4.98 Å². The van der Waals surface area contributed by atoms with Crippen molar-refractivity contribution in [2.45, 2.75) is 19.4 Å². The molecule has 0 fully saturated rings. The van der Waals surface area contributed by atoms with Gasteiger partial charge in [0.2, 0.25) is 0 Å². The number of benzene rings is 2. The van der Waals surface area contributed by atoms with Crippen LogP contribution in [0.3, 0.4) is 0 Å². The Morgan fingerprint density at radius 1 is 1.11 bits per heavy atom. The molecular weight excluding hydrogens is 340 g/mol. The molecular formula is C22H18N2O3. The molecule has 0 radical (unpaired) electrons. The van der Waals surface area contributed by atoms with Crippen LogP contribution in [0.25, 0.3) is 11.1 Å². The van der Waals surface area contributed by atoms with Gasteiger partial charge in [0.05, 0.1) is 12.5 Å². The molecule has 1 amide bonds. The van der Waals surface area contributed by atoms with Crippen molar-refractivity contribution in [1.29, 1.82) is 0 Å². The van der Waals surface area contributed by atoms with Crippen LogP contribution in [0.2, 0.25) is 0 Å². The number of carboxylic acids is 1. The van der Waals surface area contributed by atoms with Crippen LogP contribution < -0.4 is 4.90 Å². The lowest BCUT2D eigenvalue weighted by Crippen LogP contribution is -2.23. The van der Waals surface area contributed by atoms with Crippen LogP contribution in [0.4, 0.5) is 5.69 Å². The molecule has 2 aromatic carbocycles. The Balaban J connectivity index is 1.81. The van der Waals surface area contributed by atoms with E-state index < -0.39 is 11.9 Å². The van der Waals surface area contributed by atoms with Gasteiger partial charge in [0.1, 0.15) is 0 Å². The minimum atomic E-state index is -0.891. The summed E-state index contributed by atoms with van der Waals surface area (Å²) < 4.78 is 0. The summed E-state index contributed by atoms with van der Waals surface area (Å²) in [6, 6.07) is 16.8. The Kier molecular flexibility index (Phi) is 4.20. The first-order valence-corrected chi connectivity index (χ1v) is 8.73. The van der Waals surface area contributed by atoms with Crippen LogP contribution in [0.15, 0.2) is 67.0 Å². The van der Waals surface area contributed by atoms with Crippen LogP contribution in [-0.2, 0) is 11.3 Å². The molecule has 3 aromatic rings. The van der Waals surface area contributed by atoms with Gasteiger partial charge in [0.15, 0.2) is 0 Å². The zero-order valence-electron chi connectivity index (χ0n) is 14.8. The van der Waals surface area contributed by atoms with Crippen molar-refractivity contribution in [2.24, 2.45) is 0 Å². The van der Waals surface area contributed by atoms with E-state index in [1.807, 2.05) is 48.5 Å². The molecule has 5 nitrogen and oxygen atoms in total. The number of pyridine rings is 1. The van der Waals surface area contributed by atoms with Gasteiger partial charge >= 0.3 is 5.97 Å². The number of fused-ring (bicyclic) bond motifs is 1. The topological polar surface area (TPSA) is 70.5 Å². The fraction of sp³-hybridized carbons (Fsp3) is 0.136. The smallest absolute Gasteiger partial charge is 0.310 e. The van der Waals surface area contributed by atoms with Crippen molar-refractivity contribution in [3.63, 3.8) is 0 Å². The molecule has 4 rings (SSSR count). The van der Waals surface area contributed by atoms with E-state index in [-0.39, 0.29) is 5.91 Å². The SMILES string of the molecule is CC(C(=O)O)c1ccc(N2Cc3ccccc3C2=O)cc1-c1cccnc1. The van der Waals surface area contributed by atoms with Crippen LogP contribution in [0.5, 0.6) is 0 Å². The second kappa shape index (κ2) is 6.68. The summed E-state index contributed by atoms with van der Waals surface area (Å²) in [4.78, 5) is 30.2. The van der Waals surface area contributed by atoms with Gasteiger partial charge in [0, 0.05) is 29.2 Å². The second-order valence-electron chi connectivity index (χ2n) is 6.62. The number of hydrogen-bond acceptors (Lipinski definition) is 3. The number of anilines is 1. The fourth-order valence-electron chi connectivity index (χ4n) is 3.46. The first kappa shape index (κ1) is 17.0. The molecule has 1 aliphatic rings. The third-order valence-corrected chi connectivity index (χ3v) is 4.98. The monoisotopic (exact) mass is 358 g/mol. The number of rotatable bonds is 4. The van der Waals surface area contributed by atoms with Crippen LogP contribution in [-0.4, -0.2) is 22.0 Å². The van der Waals surface area contributed by atoms with E-state index in [0.29, 0.717) is 17.7 Å². The number of carbonyl (C=O) groups excluding carboxylic acids is 1. The van der Waals surface area contributed by atoms with Crippen LogP contribution in [0.1, 0.15) is 34.3 Å². The molecule has 1 atom stereocenters. The van der Waals surface area contributed by atoms with Gasteiger partial charge in [-0.2, -0.15) is 0 Å². The lowest BCUT2D eigenvalue weighted by atomic mass is 9.91. The molecule has 0 spiro atoms. The molecule has 5 heteroatoms. The predicted octanol–water partition coefficient (Wildman–Crippen LogP) is 4.10. The van der Waals surface area contributed by atoms with E-state index in [9.17, 15) is 14.7 Å². The van der Waals surface area contributed by atoms with E-state index in [4.69, 9.17) is 0 Å². The Hall–Kier alpha value is -3.47. The molecule has 1 N–H and O–H groups in total. The molecule has 134 valence electrons. The van der Waals surface area contributed by atoms with Gasteiger partial charge in [-0.3, -0.25) is 14.6 Å². The Labute approximate surface area is 156 Å². The van der Waals surface area contributed by atoms with Crippen molar-refractivity contribution < 1.29 is 14.7 Å². The second-order valence-corrected chi connectivity index (χ2v) is 6.62. The summed E-state index contributed by atoms with van der Waals surface area (Å²) in [5, 5.41) is 9.47. The van der Waals surface area contributed by atoms with Crippen LogP contribution in [0, 0.1) is 0 Å². The van der Waals surface area contributed by atoms with Gasteiger partial charge < -0.3 is 10.0 Å². The number of hydrogen-bond donors (Lipinski definition) is 1. The van der Waals surface area contributed by atoms with Crippen LogP contribution >= 0.6 is 0 Å². The molecule has 0 saturated carbocycles. The highest BCUT2D eigenvalue weighted by Crippen LogP contribution is 2.35.